The van der Waals surface area contributed by atoms with Gasteiger partial charge in [0, 0.05) is 10.9 Å². The fourth-order valence-corrected chi connectivity index (χ4v) is 3.41. The van der Waals surface area contributed by atoms with Gasteiger partial charge >= 0.3 is 0 Å². The number of hydrogen-bond donors (Lipinski definition) is 1. The standard InChI is InChI=1S/C17H16ClNOS/c1-12(15-9-10-16(18)21-15)19-17(14-8-5-11-20-14)13-6-3-2-4-7-13/h2-12,17,19H,1H3. The fraction of sp³-hybridized carbons (Fsp3) is 0.176. The van der Waals surface area contributed by atoms with Crippen LogP contribution in [0, 0.1) is 0 Å². The van der Waals surface area contributed by atoms with Gasteiger partial charge in [-0.2, -0.15) is 0 Å². The van der Waals surface area contributed by atoms with E-state index >= 15 is 0 Å². The lowest BCUT2D eigenvalue weighted by Gasteiger charge is -2.21. The summed E-state index contributed by atoms with van der Waals surface area (Å²) in [6.07, 6.45) is 1.71. The number of nitrogens with one attached hydrogen (secondary N) is 1. The van der Waals surface area contributed by atoms with Crippen molar-refractivity contribution in [1.29, 1.82) is 0 Å². The topological polar surface area (TPSA) is 25.2 Å². The highest BCUT2D eigenvalue weighted by Gasteiger charge is 2.20. The van der Waals surface area contributed by atoms with E-state index in [1.165, 1.54) is 10.4 Å². The van der Waals surface area contributed by atoms with E-state index in [-0.39, 0.29) is 12.1 Å². The Morgan fingerprint density at radius 3 is 2.48 bits per heavy atom. The number of halogens is 1. The van der Waals surface area contributed by atoms with Gasteiger partial charge in [-0.15, -0.1) is 11.3 Å². The molecule has 21 heavy (non-hydrogen) atoms. The van der Waals surface area contributed by atoms with Crippen LogP contribution in [0.5, 0.6) is 0 Å². The molecule has 0 aliphatic heterocycles. The molecular weight excluding hydrogens is 302 g/mol. The maximum atomic E-state index is 6.03. The van der Waals surface area contributed by atoms with E-state index in [4.69, 9.17) is 16.0 Å². The summed E-state index contributed by atoms with van der Waals surface area (Å²) in [5.74, 6) is 0.913. The van der Waals surface area contributed by atoms with Crippen molar-refractivity contribution < 1.29 is 4.42 Å². The van der Waals surface area contributed by atoms with Gasteiger partial charge in [0.25, 0.3) is 0 Å². The Hall–Kier alpha value is -1.55. The molecule has 0 saturated heterocycles. The minimum atomic E-state index is 0.0251. The van der Waals surface area contributed by atoms with Crippen molar-refractivity contribution >= 4 is 22.9 Å². The number of furan rings is 1. The Kier molecular flexibility index (Phi) is 4.44. The lowest BCUT2D eigenvalue weighted by molar-refractivity contribution is 0.421. The Bertz CT molecular complexity index is 678. The summed E-state index contributed by atoms with van der Waals surface area (Å²) >= 11 is 7.63. The third-order valence-electron chi connectivity index (χ3n) is 3.40. The second-order valence-corrected chi connectivity index (χ2v) is 6.64. The monoisotopic (exact) mass is 317 g/mol. The van der Waals surface area contributed by atoms with Crippen LogP contribution in [0.4, 0.5) is 0 Å². The van der Waals surface area contributed by atoms with Crippen molar-refractivity contribution in [2.24, 2.45) is 0 Å². The van der Waals surface area contributed by atoms with Crippen LogP contribution in [-0.2, 0) is 0 Å². The highest BCUT2D eigenvalue weighted by Crippen LogP contribution is 2.30. The third kappa shape index (κ3) is 3.38. The summed E-state index contributed by atoms with van der Waals surface area (Å²) in [6, 6.07) is 18.4. The molecular formula is C17H16ClNOS. The first-order valence-corrected chi connectivity index (χ1v) is 8.03. The van der Waals surface area contributed by atoms with Crippen molar-refractivity contribution in [1.82, 2.24) is 5.32 Å². The quantitative estimate of drug-likeness (QED) is 0.678. The lowest BCUT2D eigenvalue weighted by Crippen LogP contribution is -2.24. The first-order chi connectivity index (χ1) is 10.2. The molecule has 2 atom stereocenters. The molecule has 2 heterocycles. The molecule has 3 rings (SSSR count). The molecule has 0 saturated carbocycles. The van der Waals surface area contributed by atoms with E-state index in [2.05, 4.69) is 30.4 Å². The van der Waals surface area contributed by atoms with Crippen molar-refractivity contribution in [2.75, 3.05) is 0 Å². The molecule has 0 amide bonds. The molecule has 108 valence electrons. The molecule has 0 fully saturated rings. The first kappa shape index (κ1) is 14.4. The largest absolute Gasteiger partial charge is 0.467 e. The SMILES string of the molecule is CC(NC(c1ccccc1)c1ccco1)c1ccc(Cl)s1. The predicted molar refractivity (Wildman–Crippen MR) is 87.9 cm³/mol. The molecule has 0 spiro atoms. The van der Waals surface area contributed by atoms with Gasteiger partial charge in [-0.05, 0) is 36.8 Å². The van der Waals surface area contributed by atoms with E-state index < -0.39 is 0 Å². The van der Waals surface area contributed by atoms with Gasteiger partial charge in [-0.1, -0.05) is 41.9 Å². The molecule has 1 aromatic carbocycles. The number of hydrogen-bond acceptors (Lipinski definition) is 3. The smallest absolute Gasteiger partial charge is 0.125 e. The summed E-state index contributed by atoms with van der Waals surface area (Å²) < 4.78 is 6.42. The zero-order valence-electron chi connectivity index (χ0n) is 11.6. The van der Waals surface area contributed by atoms with E-state index in [1.54, 1.807) is 17.6 Å². The van der Waals surface area contributed by atoms with E-state index in [1.807, 2.05) is 36.4 Å². The van der Waals surface area contributed by atoms with Crippen LogP contribution in [0.2, 0.25) is 4.34 Å². The molecule has 0 aliphatic rings. The van der Waals surface area contributed by atoms with Crippen molar-refractivity contribution in [3.63, 3.8) is 0 Å². The van der Waals surface area contributed by atoms with Gasteiger partial charge in [0.2, 0.25) is 0 Å². The average Bonchev–Trinajstić information content (AvgIpc) is 3.17. The highest BCUT2D eigenvalue weighted by atomic mass is 35.5. The van der Waals surface area contributed by atoms with Crippen LogP contribution in [0.3, 0.4) is 0 Å². The normalized spacial score (nSPS) is 14.0. The fourth-order valence-electron chi connectivity index (χ4n) is 2.34. The van der Waals surface area contributed by atoms with E-state index in [0.717, 1.165) is 10.1 Å². The van der Waals surface area contributed by atoms with Crippen LogP contribution in [0.25, 0.3) is 0 Å². The highest BCUT2D eigenvalue weighted by molar-refractivity contribution is 7.16. The summed E-state index contributed by atoms with van der Waals surface area (Å²) in [7, 11) is 0. The predicted octanol–water partition coefficient (Wildman–Crippen LogP) is 5.43. The molecule has 4 heteroatoms. The van der Waals surface area contributed by atoms with Crippen molar-refractivity contribution in [3.8, 4) is 0 Å². The average molecular weight is 318 g/mol. The van der Waals surface area contributed by atoms with Crippen LogP contribution in [0.1, 0.15) is 35.2 Å². The van der Waals surface area contributed by atoms with Crippen LogP contribution in [0.15, 0.2) is 65.3 Å². The van der Waals surface area contributed by atoms with Gasteiger partial charge in [-0.3, -0.25) is 5.32 Å². The van der Waals surface area contributed by atoms with Gasteiger partial charge in [0.1, 0.15) is 5.76 Å². The number of thiophene rings is 1. The number of benzene rings is 1. The second kappa shape index (κ2) is 6.48. The maximum Gasteiger partial charge on any atom is 0.125 e. The zero-order valence-corrected chi connectivity index (χ0v) is 13.2. The first-order valence-electron chi connectivity index (χ1n) is 6.83. The summed E-state index contributed by atoms with van der Waals surface area (Å²) in [5.41, 5.74) is 1.18. The van der Waals surface area contributed by atoms with Crippen molar-refractivity contribution in [2.45, 2.75) is 19.0 Å². The lowest BCUT2D eigenvalue weighted by atomic mass is 10.0. The zero-order chi connectivity index (χ0) is 14.7. The van der Waals surface area contributed by atoms with Gasteiger partial charge in [0.15, 0.2) is 0 Å². The Labute approximate surface area is 133 Å². The van der Waals surface area contributed by atoms with E-state index in [0.29, 0.717) is 0 Å². The van der Waals surface area contributed by atoms with Gasteiger partial charge < -0.3 is 4.42 Å². The van der Waals surface area contributed by atoms with Crippen LogP contribution >= 0.6 is 22.9 Å². The van der Waals surface area contributed by atoms with Crippen LogP contribution in [-0.4, -0.2) is 0 Å². The summed E-state index contributed by atoms with van der Waals surface area (Å²) in [4.78, 5) is 1.22. The number of rotatable bonds is 5. The van der Waals surface area contributed by atoms with Crippen molar-refractivity contribution in [3.05, 3.63) is 81.4 Å². The molecule has 0 aliphatic carbocycles. The molecule has 3 aromatic rings. The molecule has 0 radical (unpaired) electrons. The summed E-state index contributed by atoms with van der Waals surface area (Å²) in [5, 5.41) is 3.62. The molecule has 1 N–H and O–H groups in total. The van der Waals surface area contributed by atoms with Gasteiger partial charge in [0.05, 0.1) is 16.6 Å². The molecule has 2 aromatic heterocycles. The third-order valence-corrected chi connectivity index (χ3v) is 4.81. The molecule has 2 nitrogen and oxygen atoms in total. The van der Waals surface area contributed by atoms with Gasteiger partial charge in [-0.25, -0.2) is 0 Å². The molecule has 2 unspecified atom stereocenters. The summed E-state index contributed by atoms with van der Waals surface area (Å²) in [6.45, 7) is 2.14. The Balaban J connectivity index is 1.86. The van der Waals surface area contributed by atoms with Crippen LogP contribution < -0.4 is 5.32 Å². The van der Waals surface area contributed by atoms with E-state index in [9.17, 15) is 0 Å². The maximum absolute atomic E-state index is 6.03. The minimum Gasteiger partial charge on any atom is -0.467 e. The molecule has 0 bridgehead atoms. The second-order valence-electron chi connectivity index (χ2n) is 4.89. The Morgan fingerprint density at radius 1 is 1.05 bits per heavy atom. The Morgan fingerprint density at radius 2 is 1.86 bits per heavy atom. The minimum absolute atomic E-state index is 0.0251.